The summed E-state index contributed by atoms with van der Waals surface area (Å²) in [6.07, 6.45) is 3.47. The van der Waals surface area contributed by atoms with Crippen molar-refractivity contribution in [3.63, 3.8) is 0 Å². The fourth-order valence-electron chi connectivity index (χ4n) is 2.42. The van der Waals surface area contributed by atoms with E-state index in [0.717, 1.165) is 36.2 Å². The van der Waals surface area contributed by atoms with E-state index in [2.05, 4.69) is 20.9 Å². The van der Waals surface area contributed by atoms with Gasteiger partial charge in [0.1, 0.15) is 5.76 Å². The average molecular weight is 297 g/mol. The summed E-state index contributed by atoms with van der Waals surface area (Å²) in [5, 5.41) is 2.88. The Bertz CT molecular complexity index is 773. The number of nitrogens with one attached hydrogen (secondary N) is 1. The van der Waals surface area contributed by atoms with E-state index in [9.17, 15) is 4.79 Å². The summed E-state index contributed by atoms with van der Waals surface area (Å²) in [4.78, 5) is 16.3. The fraction of sp³-hybridized carbons (Fsp3) is 0.294. The van der Waals surface area contributed by atoms with E-state index in [1.165, 1.54) is 0 Å². The summed E-state index contributed by atoms with van der Waals surface area (Å²) in [5.74, 6) is 1.05. The molecule has 2 aromatic heterocycles. The Morgan fingerprint density at radius 3 is 2.95 bits per heavy atom. The zero-order chi connectivity index (χ0) is 15.4. The van der Waals surface area contributed by atoms with Crippen LogP contribution in [0.15, 0.2) is 47.1 Å². The molecule has 0 aliphatic carbocycles. The van der Waals surface area contributed by atoms with E-state index >= 15 is 0 Å². The number of fused-ring (bicyclic) bond motifs is 1. The summed E-state index contributed by atoms with van der Waals surface area (Å²) in [6.45, 7) is 3.42. The van der Waals surface area contributed by atoms with Crippen LogP contribution >= 0.6 is 0 Å². The maximum Gasteiger partial charge on any atom is 0.286 e. The number of furan rings is 1. The summed E-state index contributed by atoms with van der Waals surface area (Å²) < 4.78 is 7.53. The van der Waals surface area contributed by atoms with Crippen molar-refractivity contribution in [1.82, 2.24) is 14.9 Å². The molecule has 114 valence electrons. The van der Waals surface area contributed by atoms with Crippen LogP contribution in [0.5, 0.6) is 0 Å². The van der Waals surface area contributed by atoms with Crippen LogP contribution in [0.2, 0.25) is 0 Å². The molecule has 3 aromatic rings. The zero-order valence-corrected chi connectivity index (χ0v) is 12.6. The molecule has 0 spiro atoms. The summed E-state index contributed by atoms with van der Waals surface area (Å²) in [5.41, 5.74) is 2.11. The van der Waals surface area contributed by atoms with Crippen molar-refractivity contribution in [2.24, 2.45) is 0 Å². The minimum absolute atomic E-state index is 0.157. The molecule has 0 saturated heterocycles. The molecule has 3 rings (SSSR count). The Labute approximate surface area is 129 Å². The van der Waals surface area contributed by atoms with Gasteiger partial charge in [-0.1, -0.05) is 19.1 Å². The highest BCUT2D eigenvalue weighted by molar-refractivity contribution is 5.91. The van der Waals surface area contributed by atoms with Crippen LogP contribution in [0.25, 0.3) is 11.0 Å². The fourth-order valence-corrected chi connectivity index (χ4v) is 2.42. The normalized spacial score (nSPS) is 11.0. The molecular formula is C17H19N3O2. The molecule has 0 radical (unpaired) electrons. The number of benzene rings is 1. The Morgan fingerprint density at radius 2 is 2.14 bits per heavy atom. The lowest BCUT2D eigenvalue weighted by Crippen LogP contribution is -2.24. The molecule has 5 heteroatoms. The third-order valence-electron chi connectivity index (χ3n) is 3.62. The number of hydrogen-bond donors (Lipinski definition) is 1. The highest BCUT2D eigenvalue weighted by Gasteiger charge is 2.09. The molecule has 0 aliphatic heterocycles. The van der Waals surface area contributed by atoms with E-state index in [1.54, 1.807) is 6.07 Å². The van der Waals surface area contributed by atoms with Crippen LogP contribution in [0.1, 0.15) is 29.7 Å². The van der Waals surface area contributed by atoms with Crippen molar-refractivity contribution in [2.75, 3.05) is 6.54 Å². The first-order valence-corrected chi connectivity index (χ1v) is 7.54. The van der Waals surface area contributed by atoms with Gasteiger partial charge in [-0.3, -0.25) is 4.79 Å². The maximum atomic E-state index is 11.9. The highest BCUT2D eigenvalue weighted by atomic mass is 16.3. The van der Waals surface area contributed by atoms with Gasteiger partial charge >= 0.3 is 0 Å². The Kier molecular flexibility index (Phi) is 4.23. The second-order valence-corrected chi connectivity index (χ2v) is 5.16. The summed E-state index contributed by atoms with van der Waals surface area (Å²) in [7, 11) is 0. The molecule has 0 atom stereocenters. The number of para-hydroxylation sites is 2. The quantitative estimate of drug-likeness (QED) is 0.711. The number of aryl methyl sites for hydroxylation is 2. The van der Waals surface area contributed by atoms with Crippen molar-refractivity contribution in [2.45, 2.75) is 26.3 Å². The van der Waals surface area contributed by atoms with Crippen LogP contribution in [0.4, 0.5) is 0 Å². The molecule has 0 saturated carbocycles. The van der Waals surface area contributed by atoms with E-state index in [-0.39, 0.29) is 5.91 Å². The van der Waals surface area contributed by atoms with Crippen LogP contribution in [-0.2, 0) is 13.0 Å². The standard InChI is InChI=1S/C17H19N3O2/c1-2-13-8-9-16(22-13)17(21)18-10-5-11-20-12-19-14-6-3-4-7-15(14)20/h3-4,6-9,12H,2,5,10-11H2,1H3,(H,18,21). The van der Waals surface area contributed by atoms with Crippen molar-refractivity contribution in [3.8, 4) is 0 Å². The molecule has 22 heavy (non-hydrogen) atoms. The van der Waals surface area contributed by atoms with Gasteiger partial charge in [-0.2, -0.15) is 0 Å². The minimum Gasteiger partial charge on any atom is -0.456 e. The molecular weight excluding hydrogens is 278 g/mol. The number of nitrogens with zero attached hydrogens (tertiary/aromatic N) is 2. The number of amides is 1. The number of carbonyl (C=O) groups excluding carboxylic acids is 1. The van der Waals surface area contributed by atoms with Crippen LogP contribution in [-0.4, -0.2) is 22.0 Å². The van der Waals surface area contributed by atoms with Crippen molar-refractivity contribution in [1.29, 1.82) is 0 Å². The second kappa shape index (κ2) is 6.47. The number of hydrogen-bond acceptors (Lipinski definition) is 3. The van der Waals surface area contributed by atoms with Crippen LogP contribution in [0, 0.1) is 0 Å². The number of imidazole rings is 1. The smallest absolute Gasteiger partial charge is 0.286 e. The molecule has 0 bridgehead atoms. The van der Waals surface area contributed by atoms with Crippen molar-refractivity contribution in [3.05, 3.63) is 54.2 Å². The number of rotatable bonds is 6. The molecule has 2 heterocycles. The second-order valence-electron chi connectivity index (χ2n) is 5.16. The van der Waals surface area contributed by atoms with Crippen molar-refractivity contribution < 1.29 is 9.21 Å². The van der Waals surface area contributed by atoms with Gasteiger partial charge in [0.05, 0.1) is 17.4 Å². The monoisotopic (exact) mass is 297 g/mol. The van der Waals surface area contributed by atoms with Crippen LogP contribution in [0.3, 0.4) is 0 Å². The molecule has 1 amide bonds. The lowest BCUT2D eigenvalue weighted by Gasteiger charge is -2.05. The first-order valence-electron chi connectivity index (χ1n) is 7.54. The summed E-state index contributed by atoms with van der Waals surface area (Å²) >= 11 is 0. The molecule has 1 aromatic carbocycles. The molecule has 1 N–H and O–H groups in total. The average Bonchev–Trinajstić information content (AvgIpc) is 3.18. The molecule has 5 nitrogen and oxygen atoms in total. The lowest BCUT2D eigenvalue weighted by atomic mass is 10.3. The van der Waals surface area contributed by atoms with Gasteiger partial charge in [0.25, 0.3) is 5.91 Å². The van der Waals surface area contributed by atoms with Gasteiger partial charge in [-0.05, 0) is 30.7 Å². The van der Waals surface area contributed by atoms with Gasteiger partial charge in [0, 0.05) is 19.5 Å². The van der Waals surface area contributed by atoms with Crippen LogP contribution < -0.4 is 5.32 Å². The van der Waals surface area contributed by atoms with E-state index < -0.39 is 0 Å². The third-order valence-corrected chi connectivity index (χ3v) is 3.62. The molecule has 0 unspecified atom stereocenters. The van der Waals surface area contributed by atoms with E-state index in [0.29, 0.717) is 12.3 Å². The Balaban J connectivity index is 1.50. The highest BCUT2D eigenvalue weighted by Crippen LogP contribution is 2.12. The van der Waals surface area contributed by atoms with Crippen molar-refractivity contribution >= 4 is 16.9 Å². The first-order chi connectivity index (χ1) is 10.8. The third kappa shape index (κ3) is 3.03. The van der Waals surface area contributed by atoms with Gasteiger partial charge in [-0.25, -0.2) is 4.98 Å². The Morgan fingerprint density at radius 1 is 1.27 bits per heavy atom. The predicted octanol–water partition coefficient (Wildman–Crippen LogP) is 3.01. The number of aromatic nitrogens is 2. The minimum atomic E-state index is -0.157. The van der Waals surface area contributed by atoms with Gasteiger partial charge in [-0.15, -0.1) is 0 Å². The van der Waals surface area contributed by atoms with Gasteiger partial charge in [0.2, 0.25) is 0 Å². The van der Waals surface area contributed by atoms with E-state index in [4.69, 9.17) is 4.42 Å². The topological polar surface area (TPSA) is 60.1 Å². The SMILES string of the molecule is CCc1ccc(C(=O)NCCCn2cnc3ccccc32)o1. The Hall–Kier alpha value is -2.56. The van der Waals surface area contributed by atoms with Gasteiger partial charge < -0.3 is 14.3 Å². The predicted molar refractivity (Wildman–Crippen MR) is 84.8 cm³/mol. The van der Waals surface area contributed by atoms with Gasteiger partial charge in [0.15, 0.2) is 5.76 Å². The summed E-state index contributed by atoms with van der Waals surface area (Å²) in [6, 6.07) is 11.6. The zero-order valence-electron chi connectivity index (χ0n) is 12.6. The number of carbonyl (C=O) groups is 1. The first kappa shape index (κ1) is 14.4. The van der Waals surface area contributed by atoms with E-state index in [1.807, 2.05) is 37.5 Å². The molecule has 0 fully saturated rings. The largest absolute Gasteiger partial charge is 0.456 e. The maximum absolute atomic E-state index is 11.9. The molecule has 0 aliphatic rings. The lowest BCUT2D eigenvalue weighted by molar-refractivity contribution is 0.0923.